The van der Waals surface area contributed by atoms with E-state index in [1.165, 1.54) is 12.8 Å². The van der Waals surface area contributed by atoms with Crippen molar-refractivity contribution in [2.45, 2.75) is 44.2 Å². The van der Waals surface area contributed by atoms with E-state index in [-0.39, 0.29) is 5.91 Å². The topological polar surface area (TPSA) is 67.6 Å². The van der Waals surface area contributed by atoms with Crippen molar-refractivity contribution in [2.75, 3.05) is 32.8 Å². The molecule has 2 rings (SSSR count). The number of ether oxygens (including phenoxy) is 1. The lowest BCUT2D eigenvalue weighted by atomic mass is 9.96. The molecule has 1 aliphatic carbocycles. The van der Waals surface area contributed by atoms with Crippen molar-refractivity contribution in [2.24, 2.45) is 5.73 Å². The molecule has 3 N–H and O–H groups in total. The molecule has 1 saturated carbocycles. The zero-order chi connectivity index (χ0) is 13.0. The Hall–Kier alpha value is -0.650. The minimum atomic E-state index is -0.561. The summed E-state index contributed by atoms with van der Waals surface area (Å²) in [5.41, 5.74) is 4.99. The molecule has 2 fully saturated rings. The van der Waals surface area contributed by atoms with E-state index in [1.807, 2.05) is 6.92 Å². The van der Waals surface area contributed by atoms with Gasteiger partial charge in [0.25, 0.3) is 0 Å². The molecule has 18 heavy (non-hydrogen) atoms. The molecule has 5 heteroatoms. The zero-order valence-electron chi connectivity index (χ0n) is 11.3. The van der Waals surface area contributed by atoms with Crippen molar-refractivity contribution in [3.63, 3.8) is 0 Å². The number of carbonyl (C=O) groups is 1. The second-order valence-corrected chi connectivity index (χ2v) is 5.67. The SMILES string of the molecule is CC(CCN1CCCOCC1)(NC1CC1)C(N)=O. The van der Waals surface area contributed by atoms with Crippen LogP contribution in [-0.4, -0.2) is 55.2 Å². The number of hydrogen-bond acceptors (Lipinski definition) is 4. The lowest BCUT2D eigenvalue weighted by molar-refractivity contribution is -0.124. The Morgan fingerprint density at radius 3 is 2.89 bits per heavy atom. The van der Waals surface area contributed by atoms with Crippen molar-refractivity contribution in [1.29, 1.82) is 0 Å². The van der Waals surface area contributed by atoms with E-state index in [2.05, 4.69) is 10.2 Å². The molecule has 0 aromatic carbocycles. The van der Waals surface area contributed by atoms with Crippen LogP contribution >= 0.6 is 0 Å². The molecule has 2 aliphatic rings. The van der Waals surface area contributed by atoms with Crippen molar-refractivity contribution >= 4 is 5.91 Å². The number of rotatable bonds is 6. The zero-order valence-corrected chi connectivity index (χ0v) is 11.3. The number of nitrogens with two attached hydrogens (primary N) is 1. The molecule has 0 radical (unpaired) electrons. The molecule has 1 saturated heterocycles. The van der Waals surface area contributed by atoms with E-state index >= 15 is 0 Å². The Morgan fingerprint density at radius 2 is 2.22 bits per heavy atom. The lowest BCUT2D eigenvalue weighted by Gasteiger charge is -2.30. The van der Waals surface area contributed by atoms with E-state index in [1.54, 1.807) is 0 Å². The monoisotopic (exact) mass is 255 g/mol. The maximum absolute atomic E-state index is 11.6. The van der Waals surface area contributed by atoms with Crippen LogP contribution in [0.25, 0.3) is 0 Å². The molecular weight excluding hydrogens is 230 g/mol. The fourth-order valence-electron chi connectivity index (χ4n) is 2.35. The first-order valence-electron chi connectivity index (χ1n) is 6.98. The smallest absolute Gasteiger partial charge is 0.237 e. The summed E-state index contributed by atoms with van der Waals surface area (Å²) in [4.78, 5) is 14.0. The molecule has 0 bridgehead atoms. The van der Waals surface area contributed by atoms with Crippen LogP contribution in [0.15, 0.2) is 0 Å². The van der Waals surface area contributed by atoms with Crippen LogP contribution in [0.5, 0.6) is 0 Å². The number of amides is 1. The standard InChI is InChI=1S/C13H25N3O2/c1-13(12(14)17,15-11-3-4-11)5-7-16-6-2-9-18-10-8-16/h11,15H,2-10H2,1H3,(H2,14,17). The predicted molar refractivity (Wildman–Crippen MR) is 70.3 cm³/mol. The van der Waals surface area contributed by atoms with Gasteiger partial charge in [0.05, 0.1) is 12.1 Å². The van der Waals surface area contributed by atoms with Gasteiger partial charge in [-0.15, -0.1) is 0 Å². The van der Waals surface area contributed by atoms with Crippen molar-refractivity contribution in [3.05, 3.63) is 0 Å². The summed E-state index contributed by atoms with van der Waals surface area (Å²) < 4.78 is 5.43. The fourth-order valence-corrected chi connectivity index (χ4v) is 2.35. The minimum absolute atomic E-state index is 0.236. The summed E-state index contributed by atoms with van der Waals surface area (Å²) in [6.45, 7) is 6.49. The second-order valence-electron chi connectivity index (χ2n) is 5.67. The summed E-state index contributed by atoms with van der Waals surface area (Å²) in [5, 5.41) is 3.39. The van der Waals surface area contributed by atoms with Gasteiger partial charge in [0.15, 0.2) is 0 Å². The highest BCUT2D eigenvalue weighted by Gasteiger charge is 2.36. The molecule has 5 nitrogen and oxygen atoms in total. The van der Waals surface area contributed by atoms with Crippen LogP contribution in [0.3, 0.4) is 0 Å². The molecule has 1 heterocycles. The van der Waals surface area contributed by atoms with Gasteiger partial charge in [0.1, 0.15) is 0 Å². The average Bonchev–Trinajstić information content (AvgIpc) is 3.13. The van der Waals surface area contributed by atoms with Gasteiger partial charge in [-0.2, -0.15) is 0 Å². The molecule has 1 atom stereocenters. The van der Waals surface area contributed by atoms with Gasteiger partial charge < -0.3 is 20.7 Å². The maximum atomic E-state index is 11.6. The van der Waals surface area contributed by atoms with E-state index < -0.39 is 5.54 Å². The third-order valence-electron chi connectivity index (χ3n) is 3.89. The summed E-state index contributed by atoms with van der Waals surface area (Å²) in [6, 6.07) is 0.495. The number of hydrogen-bond donors (Lipinski definition) is 2. The molecular formula is C13H25N3O2. The summed E-state index contributed by atoms with van der Waals surface area (Å²) >= 11 is 0. The Morgan fingerprint density at radius 1 is 1.44 bits per heavy atom. The van der Waals surface area contributed by atoms with Crippen molar-refractivity contribution in [1.82, 2.24) is 10.2 Å². The highest BCUT2D eigenvalue weighted by Crippen LogP contribution is 2.24. The summed E-state index contributed by atoms with van der Waals surface area (Å²) in [6.07, 6.45) is 4.18. The summed E-state index contributed by atoms with van der Waals surface area (Å²) in [5.74, 6) is -0.236. The third-order valence-corrected chi connectivity index (χ3v) is 3.89. The quantitative estimate of drug-likeness (QED) is 0.706. The predicted octanol–water partition coefficient (Wildman–Crippen LogP) is 0.0948. The van der Waals surface area contributed by atoms with Crippen LogP contribution in [-0.2, 0) is 9.53 Å². The van der Waals surface area contributed by atoms with Crippen LogP contribution in [0.1, 0.15) is 32.6 Å². The molecule has 1 amide bonds. The summed E-state index contributed by atoms with van der Waals surface area (Å²) in [7, 11) is 0. The normalized spacial score (nSPS) is 25.4. The first-order chi connectivity index (χ1) is 8.60. The Labute approximate surface area is 109 Å². The fraction of sp³-hybridized carbons (Fsp3) is 0.923. The van der Waals surface area contributed by atoms with Crippen LogP contribution in [0.2, 0.25) is 0 Å². The molecule has 1 unspecified atom stereocenters. The highest BCUT2D eigenvalue weighted by molar-refractivity contribution is 5.84. The Kier molecular flexibility index (Phi) is 4.59. The maximum Gasteiger partial charge on any atom is 0.237 e. The lowest BCUT2D eigenvalue weighted by Crippen LogP contribution is -2.55. The van der Waals surface area contributed by atoms with Gasteiger partial charge in [0, 0.05) is 32.3 Å². The van der Waals surface area contributed by atoms with Gasteiger partial charge in [-0.1, -0.05) is 0 Å². The van der Waals surface area contributed by atoms with Gasteiger partial charge in [0.2, 0.25) is 5.91 Å². The molecule has 0 aromatic heterocycles. The van der Waals surface area contributed by atoms with Crippen LogP contribution in [0, 0.1) is 0 Å². The van der Waals surface area contributed by atoms with Gasteiger partial charge in [-0.05, 0) is 32.6 Å². The molecule has 104 valence electrons. The minimum Gasteiger partial charge on any atom is -0.380 e. The van der Waals surface area contributed by atoms with Crippen molar-refractivity contribution in [3.8, 4) is 0 Å². The highest BCUT2D eigenvalue weighted by atomic mass is 16.5. The largest absolute Gasteiger partial charge is 0.380 e. The van der Waals surface area contributed by atoms with Gasteiger partial charge in [-0.25, -0.2) is 0 Å². The van der Waals surface area contributed by atoms with E-state index in [0.29, 0.717) is 6.04 Å². The first kappa shape index (κ1) is 13.8. The number of primary amides is 1. The number of carbonyl (C=O) groups excluding carboxylic acids is 1. The van der Waals surface area contributed by atoms with E-state index in [9.17, 15) is 4.79 Å². The van der Waals surface area contributed by atoms with Crippen LogP contribution in [0.4, 0.5) is 0 Å². The van der Waals surface area contributed by atoms with Gasteiger partial charge in [-0.3, -0.25) is 4.79 Å². The van der Waals surface area contributed by atoms with Gasteiger partial charge >= 0.3 is 0 Å². The Bertz CT molecular complexity index is 286. The third kappa shape index (κ3) is 3.93. The second kappa shape index (κ2) is 5.99. The van der Waals surface area contributed by atoms with E-state index in [4.69, 9.17) is 10.5 Å². The molecule has 0 spiro atoms. The molecule has 1 aliphatic heterocycles. The van der Waals surface area contributed by atoms with E-state index in [0.717, 1.165) is 45.7 Å². The number of nitrogens with one attached hydrogen (secondary N) is 1. The molecule has 0 aromatic rings. The number of nitrogens with zero attached hydrogens (tertiary/aromatic N) is 1. The van der Waals surface area contributed by atoms with Crippen molar-refractivity contribution < 1.29 is 9.53 Å². The first-order valence-corrected chi connectivity index (χ1v) is 6.98. The average molecular weight is 255 g/mol. The van der Waals surface area contributed by atoms with Crippen LogP contribution < -0.4 is 11.1 Å². The Balaban J connectivity index is 1.82.